The van der Waals surface area contributed by atoms with Gasteiger partial charge in [-0.05, 0) is 37.3 Å². The largest absolute Gasteiger partial charge is 0.378 e. The summed E-state index contributed by atoms with van der Waals surface area (Å²) in [6, 6.07) is 19.9. The van der Waals surface area contributed by atoms with E-state index in [9.17, 15) is 4.79 Å². The van der Waals surface area contributed by atoms with Crippen molar-refractivity contribution in [1.82, 2.24) is 9.97 Å². The van der Waals surface area contributed by atoms with Crippen LogP contribution in [0.2, 0.25) is 0 Å². The maximum absolute atomic E-state index is 12.4. The lowest BCUT2D eigenvalue weighted by molar-refractivity contribution is -0.113. The molecule has 1 saturated heterocycles. The van der Waals surface area contributed by atoms with E-state index < -0.39 is 0 Å². The molecule has 1 fully saturated rings. The molecule has 0 bridgehead atoms. The summed E-state index contributed by atoms with van der Waals surface area (Å²) in [6.07, 6.45) is 0. The number of hydrogen-bond donors (Lipinski definition) is 1. The van der Waals surface area contributed by atoms with Crippen molar-refractivity contribution in [3.8, 4) is 11.3 Å². The van der Waals surface area contributed by atoms with Gasteiger partial charge in [-0.25, -0.2) is 9.97 Å². The summed E-state index contributed by atoms with van der Waals surface area (Å²) in [5.74, 6) is 0.175. The van der Waals surface area contributed by atoms with Gasteiger partial charge in [0.25, 0.3) is 0 Å². The second-order valence-corrected chi connectivity index (χ2v) is 7.97. The molecule has 1 aliphatic heterocycles. The SMILES string of the molecule is Cc1cc(-c2ccccc2)nc(SCC(=O)Nc2ccc(N3CCOCC3)cc2)n1. The topological polar surface area (TPSA) is 67.4 Å². The molecule has 0 atom stereocenters. The van der Waals surface area contributed by atoms with Gasteiger partial charge in [-0.15, -0.1) is 0 Å². The number of aryl methyl sites for hydroxylation is 1. The van der Waals surface area contributed by atoms with Gasteiger partial charge in [-0.2, -0.15) is 0 Å². The first kappa shape index (κ1) is 20.4. The van der Waals surface area contributed by atoms with Crippen LogP contribution in [0.5, 0.6) is 0 Å². The fourth-order valence-corrected chi connectivity index (χ4v) is 3.97. The molecule has 3 aromatic rings. The maximum Gasteiger partial charge on any atom is 0.234 e. The first-order valence-electron chi connectivity index (χ1n) is 9.94. The number of ether oxygens (including phenoxy) is 1. The number of rotatable bonds is 6. The Kier molecular flexibility index (Phi) is 6.61. The van der Waals surface area contributed by atoms with Gasteiger partial charge in [0, 0.05) is 35.7 Å². The highest BCUT2D eigenvalue weighted by atomic mass is 32.2. The van der Waals surface area contributed by atoms with Gasteiger partial charge < -0.3 is 15.0 Å². The molecule has 4 rings (SSSR count). The van der Waals surface area contributed by atoms with Crippen molar-refractivity contribution in [2.75, 3.05) is 42.3 Å². The molecule has 0 aliphatic carbocycles. The first-order valence-corrected chi connectivity index (χ1v) is 10.9. The smallest absolute Gasteiger partial charge is 0.234 e. The van der Waals surface area contributed by atoms with E-state index in [4.69, 9.17) is 4.74 Å². The van der Waals surface area contributed by atoms with E-state index in [-0.39, 0.29) is 11.7 Å². The molecule has 6 nitrogen and oxygen atoms in total. The lowest BCUT2D eigenvalue weighted by Crippen LogP contribution is -2.36. The Hall–Kier alpha value is -2.90. The Balaban J connectivity index is 1.34. The molecule has 0 spiro atoms. The number of aromatic nitrogens is 2. The van der Waals surface area contributed by atoms with Gasteiger partial charge in [-0.1, -0.05) is 42.1 Å². The third kappa shape index (κ3) is 5.37. The molecule has 0 unspecified atom stereocenters. The average molecular weight is 421 g/mol. The van der Waals surface area contributed by atoms with Crippen LogP contribution in [0.15, 0.2) is 65.8 Å². The van der Waals surface area contributed by atoms with Crippen molar-refractivity contribution in [2.45, 2.75) is 12.1 Å². The molecule has 7 heteroatoms. The second-order valence-electron chi connectivity index (χ2n) is 7.03. The molecule has 1 aromatic heterocycles. The van der Waals surface area contributed by atoms with Crippen molar-refractivity contribution in [3.63, 3.8) is 0 Å². The Morgan fingerprint density at radius 1 is 1.07 bits per heavy atom. The first-order chi connectivity index (χ1) is 14.7. The minimum atomic E-state index is -0.0783. The van der Waals surface area contributed by atoms with Crippen LogP contribution in [0.3, 0.4) is 0 Å². The zero-order chi connectivity index (χ0) is 20.8. The summed E-state index contributed by atoms with van der Waals surface area (Å²) in [4.78, 5) is 23.7. The van der Waals surface area contributed by atoms with Gasteiger partial charge in [0.15, 0.2) is 5.16 Å². The molecule has 2 aromatic carbocycles. The fraction of sp³-hybridized carbons (Fsp3) is 0.261. The predicted molar refractivity (Wildman–Crippen MR) is 121 cm³/mol. The molecule has 2 heterocycles. The van der Waals surface area contributed by atoms with Crippen LogP contribution in [0, 0.1) is 6.92 Å². The molecule has 0 radical (unpaired) electrons. The van der Waals surface area contributed by atoms with Crippen LogP contribution >= 0.6 is 11.8 Å². The minimum absolute atomic E-state index is 0.0783. The van der Waals surface area contributed by atoms with Gasteiger partial charge in [-0.3, -0.25) is 4.79 Å². The lowest BCUT2D eigenvalue weighted by Gasteiger charge is -2.28. The molecule has 1 N–H and O–H groups in total. The van der Waals surface area contributed by atoms with E-state index in [2.05, 4.69) is 20.2 Å². The number of benzene rings is 2. The quantitative estimate of drug-likeness (QED) is 0.480. The number of nitrogens with one attached hydrogen (secondary N) is 1. The predicted octanol–water partition coefficient (Wildman–Crippen LogP) is 4.02. The highest BCUT2D eigenvalue weighted by Gasteiger charge is 2.12. The Morgan fingerprint density at radius 2 is 1.80 bits per heavy atom. The zero-order valence-corrected chi connectivity index (χ0v) is 17.7. The summed E-state index contributed by atoms with van der Waals surface area (Å²) >= 11 is 1.34. The number of thioether (sulfide) groups is 1. The van der Waals surface area contributed by atoms with E-state index >= 15 is 0 Å². The number of anilines is 2. The van der Waals surface area contributed by atoms with Gasteiger partial charge in [0.2, 0.25) is 5.91 Å². The normalized spacial score (nSPS) is 13.8. The monoisotopic (exact) mass is 420 g/mol. The summed E-state index contributed by atoms with van der Waals surface area (Å²) in [6.45, 7) is 5.23. The van der Waals surface area contributed by atoms with Gasteiger partial charge in [0.1, 0.15) is 0 Å². The van der Waals surface area contributed by atoms with Crippen LogP contribution in [0.4, 0.5) is 11.4 Å². The highest BCUT2D eigenvalue weighted by Crippen LogP contribution is 2.22. The van der Waals surface area contributed by atoms with E-state index in [0.717, 1.165) is 54.6 Å². The number of nitrogens with zero attached hydrogens (tertiary/aromatic N) is 3. The Labute approximate surface area is 180 Å². The average Bonchev–Trinajstić information content (AvgIpc) is 2.79. The van der Waals surface area contributed by atoms with E-state index in [1.165, 1.54) is 11.8 Å². The van der Waals surface area contributed by atoms with E-state index in [0.29, 0.717) is 5.16 Å². The molecule has 0 saturated carbocycles. The van der Waals surface area contributed by atoms with Crippen LogP contribution in [-0.4, -0.2) is 47.9 Å². The number of amides is 1. The Bertz CT molecular complexity index is 990. The fourth-order valence-electron chi connectivity index (χ4n) is 3.27. The van der Waals surface area contributed by atoms with Gasteiger partial charge >= 0.3 is 0 Å². The molecule has 1 amide bonds. The minimum Gasteiger partial charge on any atom is -0.378 e. The number of morpholine rings is 1. The van der Waals surface area contributed by atoms with Crippen LogP contribution in [0.1, 0.15) is 5.69 Å². The van der Waals surface area contributed by atoms with Crippen LogP contribution < -0.4 is 10.2 Å². The number of carbonyl (C=O) groups excluding carboxylic acids is 1. The van der Waals surface area contributed by atoms with Crippen molar-refractivity contribution >= 4 is 29.0 Å². The third-order valence-electron chi connectivity index (χ3n) is 4.76. The number of carbonyl (C=O) groups is 1. The lowest BCUT2D eigenvalue weighted by atomic mass is 10.1. The number of hydrogen-bond acceptors (Lipinski definition) is 6. The van der Waals surface area contributed by atoms with Gasteiger partial charge in [0.05, 0.1) is 24.7 Å². The molecule has 154 valence electrons. The molecule has 1 aliphatic rings. The summed E-state index contributed by atoms with van der Waals surface area (Å²) < 4.78 is 5.39. The zero-order valence-electron chi connectivity index (χ0n) is 16.9. The highest BCUT2D eigenvalue weighted by molar-refractivity contribution is 7.99. The van der Waals surface area contributed by atoms with Crippen molar-refractivity contribution in [1.29, 1.82) is 0 Å². The van der Waals surface area contributed by atoms with E-state index in [1.807, 2.05) is 67.6 Å². The second kappa shape index (κ2) is 9.73. The summed E-state index contributed by atoms with van der Waals surface area (Å²) in [7, 11) is 0. The van der Waals surface area contributed by atoms with E-state index in [1.54, 1.807) is 0 Å². The maximum atomic E-state index is 12.4. The standard InChI is InChI=1S/C23H24N4O2S/c1-17-15-21(18-5-3-2-4-6-18)26-23(24-17)30-16-22(28)25-19-7-9-20(10-8-19)27-11-13-29-14-12-27/h2-10,15H,11-14,16H2,1H3,(H,25,28). The molecular weight excluding hydrogens is 396 g/mol. The van der Waals surface area contributed by atoms with Crippen LogP contribution in [-0.2, 0) is 9.53 Å². The summed E-state index contributed by atoms with van der Waals surface area (Å²) in [5, 5.41) is 3.55. The third-order valence-corrected chi connectivity index (χ3v) is 5.61. The molecule has 30 heavy (non-hydrogen) atoms. The van der Waals surface area contributed by atoms with Crippen molar-refractivity contribution < 1.29 is 9.53 Å². The summed E-state index contributed by atoms with van der Waals surface area (Å²) in [5.41, 5.74) is 4.71. The van der Waals surface area contributed by atoms with Crippen molar-refractivity contribution in [2.24, 2.45) is 0 Å². The van der Waals surface area contributed by atoms with Crippen molar-refractivity contribution in [3.05, 3.63) is 66.4 Å². The molecular formula is C23H24N4O2S. The Morgan fingerprint density at radius 3 is 2.53 bits per heavy atom. The van der Waals surface area contributed by atoms with Crippen LogP contribution in [0.25, 0.3) is 11.3 Å².